The van der Waals surface area contributed by atoms with Crippen molar-refractivity contribution in [1.29, 1.82) is 5.26 Å². The SMILES string of the molecule is CC1=C(C)C2(C)CC(c3ccc(NC(=O)c4nc(C#N)cn4COCC[Si](C)(C)C)c(C4=CCC(C)(C)CC4)c3)=CC1(C)O2. The fourth-order valence-corrected chi connectivity index (χ4v) is 7.29. The molecular formula is C36H48N4O3Si. The molecule has 3 aliphatic rings. The number of nitrogens with one attached hydrogen (secondary N) is 1. The first-order valence-corrected chi connectivity index (χ1v) is 19.5. The number of carbonyl (C=O) groups excluding carboxylic acids is 1. The van der Waals surface area contributed by atoms with E-state index in [1.54, 1.807) is 10.8 Å². The van der Waals surface area contributed by atoms with Crippen LogP contribution in [0.3, 0.4) is 0 Å². The number of imidazole rings is 1. The molecule has 2 bridgehead atoms. The normalized spacial score (nSPS) is 24.5. The van der Waals surface area contributed by atoms with E-state index in [-0.39, 0.29) is 35.2 Å². The van der Waals surface area contributed by atoms with Crippen molar-refractivity contribution in [2.75, 3.05) is 11.9 Å². The minimum atomic E-state index is -1.25. The zero-order valence-electron chi connectivity index (χ0n) is 28.0. The van der Waals surface area contributed by atoms with Crippen molar-refractivity contribution in [2.45, 2.75) is 111 Å². The van der Waals surface area contributed by atoms with Crippen molar-refractivity contribution in [3.63, 3.8) is 0 Å². The van der Waals surface area contributed by atoms with Crippen LogP contribution in [0.1, 0.15) is 94.7 Å². The second kappa shape index (κ2) is 11.6. The molecule has 2 aliphatic heterocycles. The molecule has 0 fully saturated rings. The lowest BCUT2D eigenvalue weighted by molar-refractivity contribution is -0.0554. The topological polar surface area (TPSA) is 89.2 Å². The van der Waals surface area contributed by atoms with E-state index in [0.717, 1.165) is 48.5 Å². The van der Waals surface area contributed by atoms with Gasteiger partial charge in [-0.1, -0.05) is 45.6 Å². The summed E-state index contributed by atoms with van der Waals surface area (Å²) in [5.74, 6) is -0.185. The van der Waals surface area contributed by atoms with Gasteiger partial charge >= 0.3 is 0 Å². The molecule has 1 amide bonds. The molecule has 44 heavy (non-hydrogen) atoms. The third-order valence-electron chi connectivity index (χ3n) is 9.79. The number of amides is 1. The molecule has 2 atom stereocenters. The minimum absolute atomic E-state index is 0.171. The monoisotopic (exact) mass is 612 g/mol. The van der Waals surface area contributed by atoms with Gasteiger partial charge in [0, 0.05) is 38.5 Å². The lowest BCUT2D eigenvalue weighted by atomic mass is 9.76. The van der Waals surface area contributed by atoms with Gasteiger partial charge in [0.1, 0.15) is 18.4 Å². The first kappa shape index (κ1) is 32.1. The maximum Gasteiger partial charge on any atom is 0.291 e. The van der Waals surface area contributed by atoms with Crippen molar-refractivity contribution in [3.05, 3.63) is 70.3 Å². The summed E-state index contributed by atoms with van der Waals surface area (Å²) in [4.78, 5) is 18.1. The molecule has 0 radical (unpaired) electrons. The molecule has 5 rings (SSSR count). The number of aromatic nitrogens is 2. The van der Waals surface area contributed by atoms with Crippen LogP contribution in [0.2, 0.25) is 25.7 Å². The second-order valence-electron chi connectivity index (χ2n) is 15.2. The molecular weight excluding hydrogens is 565 g/mol. The van der Waals surface area contributed by atoms with Crippen molar-refractivity contribution < 1.29 is 14.3 Å². The summed E-state index contributed by atoms with van der Waals surface area (Å²) in [5.41, 5.74) is 7.74. The number of fused-ring (bicyclic) bond motifs is 2. The smallest absolute Gasteiger partial charge is 0.291 e. The van der Waals surface area contributed by atoms with E-state index in [1.807, 2.05) is 6.07 Å². The number of nitrogens with zero attached hydrogens (tertiary/aromatic N) is 3. The summed E-state index contributed by atoms with van der Waals surface area (Å²) < 4.78 is 14.1. The van der Waals surface area contributed by atoms with Crippen LogP contribution in [0.15, 0.2) is 47.7 Å². The Kier molecular flexibility index (Phi) is 8.47. The number of benzene rings is 1. The van der Waals surface area contributed by atoms with Crippen molar-refractivity contribution in [1.82, 2.24) is 9.55 Å². The quantitative estimate of drug-likeness (QED) is 0.174. The molecule has 0 saturated carbocycles. The molecule has 0 spiro atoms. The van der Waals surface area contributed by atoms with Crippen LogP contribution in [0.5, 0.6) is 0 Å². The number of rotatable bonds is 9. The van der Waals surface area contributed by atoms with Gasteiger partial charge in [0.15, 0.2) is 5.69 Å². The Morgan fingerprint density at radius 1 is 1.16 bits per heavy atom. The summed E-state index contributed by atoms with van der Waals surface area (Å²) in [7, 11) is -1.25. The van der Waals surface area contributed by atoms with Gasteiger partial charge in [-0.3, -0.25) is 4.79 Å². The van der Waals surface area contributed by atoms with Crippen molar-refractivity contribution >= 4 is 30.8 Å². The predicted octanol–water partition coefficient (Wildman–Crippen LogP) is 8.58. The molecule has 1 aromatic heterocycles. The number of hydrogen-bond acceptors (Lipinski definition) is 5. The molecule has 1 aliphatic carbocycles. The van der Waals surface area contributed by atoms with Crippen LogP contribution < -0.4 is 5.32 Å². The van der Waals surface area contributed by atoms with Gasteiger partial charge in [-0.05, 0) is 104 Å². The van der Waals surface area contributed by atoms with E-state index >= 15 is 0 Å². The maximum absolute atomic E-state index is 13.7. The number of carbonyl (C=O) groups is 1. The number of nitriles is 1. The lowest BCUT2D eigenvalue weighted by Gasteiger charge is -2.37. The van der Waals surface area contributed by atoms with E-state index in [1.165, 1.54) is 22.3 Å². The van der Waals surface area contributed by atoms with Gasteiger partial charge in [-0.15, -0.1) is 0 Å². The van der Waals surface area contributed by atoms with Crippen LogP contribution in [0, 0.1) is 16.7 Å². The number of ether oxygens (including phenoxy) is 2. The third kappa shape index (κ3) is 6.56. The molecule has 3 heterocycles. The van der Waals surface area contributed by atoms with Gasteiger partial charge in [-0.2, -0.15) is 5.26 Å². The molecule has 7 nitrogen and oxygen atoms in total. The molecule has 2 unspecified atom stereocenters. The first-order chi connectivity index (χ1) is 20.5. The summed E-state index contributed by atoms with van der Waals surface area (Å²) in [6.45, 7) is 21.0. The molecule has 234 valence electrons. The average Bonchev–Trinajstić information content (AvgIpc) is 3.41. The van der Waals surface area contributed by atoms with E-state index in [2.05, 4.69) is 102 Å². The van der Waals surface area contributed by atoms with E-state index in [9.17, 15) is 10.1 Å². The highest BCUT2D eigenvalue weighted by Crippen LogP contribution is 2.52. The minimum Gasteiger partial charge on any atom is -0.361 e. The number of hydrogen-bond donors (Lipinski definition) is 1. The van der Waals surface area contributed by atoms with E-state index < -0.39 is 13.7 Å². The highest BCUT2D eigenvalue weighted by atomic mass is 28.3. The van der Waals surface area contributed by atoms with Crippen LogP contribution in [-0.4, -0.2) is 41.3 Å². The number of allylic oxidation sites excluding steroid dienone is 2. The van der Waals surface area contributed by atoms with Gasteiger partial charge in [0.25, 0.3) is 5.91 Å². The molecule has 8 heteroatoms. The molecule has 2 aromatic rings. The Morgan fingerprint density at radius 3 is 2.55 bits per heavy atom. The highest BCUT2D eigenvalue weighted by Gasteiger charge is 2.49. The Labute approximate surface area is 264 Å². The first-order valence-electron chi connectivity index (χ1n) is 15.8. The molecule has 1 aromatic carbocycles. The van der Waals surface area contributed by atoms with Crippen LogP contribution in [0.4, 0.5) is 5.69 Å². The van der Waals surface area contributed by atoms with Crippen LogP contribution in [0.25, 0.3) is 11.1 Å². The predicted molar refractivity (Wildman–Crippen MR) is 180 cm³/mol. The largest absolute Gasteiger partial charge is 0.361 e. The second-order valence-corrected chi connectivity index (χ2v) is 20.8. The Hall–Kier alpha value is -3.25. The summed E-state index contributed by atoms with van der Waals surface area (Å²) in [5, 5.41) is 12.7. The fraction of sp³-hybridized carbons (Fsp3) is 0.528. The van der Waals surface area contributed by atoms with Gasteiger partial charge < -0.3 is 19.4 Å². The summed E-state index contributed by atoms with van der Waals surface area (Å²) in [6.07, 6.45) is 10.0. The van der Waals surface area contributed by atoms with Gasteiger partial charge in [-0.25, -0.2) is 4.98 Å². The average molecular weight is 613 g/mol. The zero-order valence-corrected chi connectivity index (χ0v) is 29.0. The van der Waals surface area contributed by atoms with Crippen LogP contribution >= 0.6 is 0 Å². The lowest BCUT2D eigenvalue weighted by Crippen LogP contribution is -2.37. The highest BCUT2D eigenvalue weighted by molar-refractivity contribution is 6.76. The summed E-state index contributed by atoms with van der Waals surface area (Å²) in [6, 6.07) is 9.45. The van der Waals surface area contributed by atoms with Crippen LogP contribution in [-0.2, 0) is 16.2 Å². The Balaban J connectivity index is 1.46. The Bertz CT molecular complexity index is 1620. The van der Waals surface area contributed by atoms with Crippen molar-refractivity contribution in [3.8, 4) is 6.07 Å². The van der Waals surface area contributed by atoms with Gasteiger partial charge in [0.05, 0.1) is 5.60 Å². The number of anilines is 1. The molecule has 0 saturated heterocycles. The van der Waals surface area contributed by atoms with Crippen molar-refractivity contribution in [2.24, 2.45) is 5.41 Å². The summed E-state index contributed by atoms with van der Waals surface area (Å²) >= 11 is 0. The standard InChI is InChI=1S/C36H48N4O3Si/c1-24-25(2)36(6)20-28(19-35(24,5)43-36)27-10-11-31(30(18-27)26-12-14-34(3,4)15-13-26)39-33(41)32-38-29(21-37)22-40(32)23-42-16-17-44(7,8)9/h10-12,18-19,22H,13-17,20,23H2,1-9H3,(H,39,41). The fourth-order valence-electron chi connectivity index (χ4n) is 6.54. The van der Waals surface area contributed by atoms with E-state index in [4.69, 9.17) is 9.47 Å². The van der Waals surface area contributed by atoms with Gasteiger partial charge in [0.2, 0.25) is 5.82 Å². The third-order valence-corrected chi connectivity index (χ3v) is 11.5. The zero-order chi connectivity index (χ0) is 32.1. The van der Waals surface area contributed by atoms with E-state index in [0.29, 0.717) is 6.61 Å². The molecule has 1 N–H and O–H groups in total. The Morgan fingerprint density at radius 2 is 1.91 bits per heavy atom. The maximum atomic E-state index is 13.7.